The Kier molecular flexibility index (Phi) is 6.41. The van der Waals surface area contributed by atoms with Gasteiger partial charge in [-0.15, -0.1) is 0 Å². The van der Waals surface area contributed by atoms with Crippen LogP contribution in [0.4, 0.5) is 0 Å². The molecule has 0 aromatic heterocycles. The lowest BCUT2D eigenvalue weighted by atomic mass is 9.84. The number of rotatable bonds is 7. The summed E-state index contributed by atoms with van der Waals surface area (Å²) in [6.07, 6.45) is 4.62. The molecule has 0 aromatic rings. The van der Waals surface area contributed by atoms with Gasteiger partial charge in [0, 0.05) is 39.0 Å². The highest BCUT2D eigenvalue weighted by atomic mass is 16.5. The summed E-state index contributed by atoms with van der Waals surface area (Å²) >= 11 is 0. The number of ether oxygens (including phenoxy) is 2. The van der Waals surface area contributed by atoms with Gasteiger partial charge in [-0.25, -0.2) is 0 Å². The highest BCUT2D eigenvalue weighted by molar-refractivity contribution is 4.95. The molecule has 0 spiro atoms. The lowest BCUT2D eigenvalue weighted by Crippen LogP contribution is -2.57. The van der Waals surface area contributed by atoms with Gasteiger partial charge in [-0.05, 0) is 32.7 Å². The van der Waals surface area contributed by atoms with Gasteiger partial charge < -0.3 is 15.2 Å². The van der Waals surface area contributed by atoms with Crippen LogP contribution in [0.25, 0.3) is 0 Å². The Balaban J connectivity index is 2.53. The zero-order valence-electron chi connectivity index (χ0n) is 11.6. The molecule has 2 unspecified atom stereocenters. The van der Waals surface area contributed by atoms with Crippen molar-refractivity contribution in [3.8, 4) is 0 Å². The molecule has 2 atom stereocenters. The summed E-state index contributed by atoms with van der Waals surface area (Å²) in [6, 6.07) is 0. The molecule has 1 rings (SSSR count). The molecular weight excluding hydrogens is 216 g/mol. The second kappa shape index (κ2) is 7.31. The standard InChI is InChI=1S/C13H28N2O2/c1-4-12-10-13(11-14,6-9-17-12)15(2)7-5-8-16-3/h12H,4-11,14H2,1-3H3. The molecule has 102 valence electrons. The van der Waals surface area contributed by atoms with Crippen molar-refractivity contribution in [1.82, 2.24) is 4.90 Å². The van der Waals surface area contributed by atoms with Crippen molar-refractivity contribution >= 4 is 0 Å². The first-order valence-corrected chi connectivity index (χ1v) is 6.70. The van der Waals surface area contributed by atoms with Gasteiger partial charge in [0.1, 0.15) is 0 Å². The normalized spacial score (nSPS) is 29.8. The minimum atomic E-state index is 0.132. The Morgan fingerprint density at radius 2 is 2.29 bits per heavy atom. The molecule has 4 heteroatoms. The third kappa shape index (κ3) is 3.91. The van der Waals surface area contributed by atoms with Crippen molar-refractivity contribution in [2.45, 2.75) is 44.2 Å². The van der Waals surface area contributed by atoms with Gasteiger partial charge in [-0.2, -0.15) is 0 Å². The van der Waals surface area contributed by atoms with Crippen LogP contribution < -0.4 is 5.73 Å². The van der Waals surface area contributed by atoms with Crippen LogP contribution in [0.15, 0.2) is 0 Å². The largest absolute Gasteiger partial charge is 0.385 e. The Bertz CT molecular complexity index is 214. The molecule has 1 aliphatic rings. The van der Waals surface area contributed by atoms with E-state index in [-0.39, 0.29) is 5.54 Å². The van der Waals surface area contributed by atoms with Crippen LogP contribution in [-0.4, -0.2) is 57.0 Å². The van der Waals surface area contributed by atoms with Crippen molar-refractivity contribution in [2.75, 3.05) is 40.5 Å². The summed E-state index contributed by atoms with van der Waals surface area (Å²) in [6.45, 7) is 5.60. The van der Waals surface area contributed by atoms with Gasteiger partial charge in [0.15, 0.2) is 0 Å². The quantitative estimate of drug-likeness (QED) is 0.685. The Morgan fingerprint density at radius 1 is 1.53 bits per heavy atom. The summed E-state index contributed by atoms with van der Waals surface area (Å²) in [7, 11) is 3.93. The molecule has 0 radical (unpaired) electrons. The zero-order chi connectivity index (χ0) is 12.7. The fourth-order valence-corrected chi connectivity index (χ4v) is 2.63. The predicted molar refractivity (Wildman–Crippen MR) is 70.2 cm³/mol. The molecule has 1 saturated heterocycles. The Hall–Kier alpha value is -0.160. The van der Waals surface area contributed by atoms with Crippen molar-refractivity contribution < 1.29 is 9.47 Å². The summed E-state index contributed by atoms with van der Waals surface area (Å²) in [5.41, 5.74) is 6.16. The lowest BCUT2D eigenvalue weighted by Gasteiger charge is -2.46. The summed E-state index contributed by atoms with van der Waals surface area (Å²) in [5.74, 6) is 0. The molecule has 2 N–H and O–H groups in total. The van der Waals surface area contributed by atoms with Gasteiger partial charge >= 0.3 is 0 Å². The minimum absolute atomic E-state index is 0.132. The average Bonchev–Trinajstić information content (AvgIpc) is 2.38. The lowest BCUT2D eigenvalue weighted by molar-refractivity contribution is -0.0658. The van der Waals surface area contributed by atoms with Crippen LogP contribution >= 0.6 is 0 Å². The summed E-state index contributed by atoms with van der Waals surface area (Å²) in [5, 5.41) is 0. The van der Waals surface area contributed by atoms with Crippen molar-refractivity contribution in [2.24, 2.45) is 5.73 Å². The van der Waals surface area contributed by atoms with E-state index < -0.39 is 0 Å². The number of nitrogens with zero attached hydrogens (tertiary/aromatic N) is 1. The fourth-order valence-electron chi connectivity index (χ4n) is 2.63. The van der Waals surface area contributed by atoms with Crippen molar-refractivity contribution in [3.05, 3.63) is 0 Å². The van der Waals surface area contributed by atoms with Crippen molar-refractivity contribution in [1.29, 1.82) is 0 Å². The van der Waals surface area contributed by atoms with E-state index in [1.807, 2.05) is 0 Å². The second-order valence-electron chi connectivity index (χ2n) is 5.05. The van der Waals surface area contributed by atoms with E-state index in [0.29, 0.717) is 6.10 Å². The second-order valence-corrected chi connectivity index (χ2v) is 5.05. The fraction of sp³-hybridized carbons (Fsp3) is 1.00. The molecule has 17 heavy (non-hydrogen) atoms. The zero-order valence-corrected chi connectivity index (χ0v) is 11.6. The minimum Gasteiger partial charge on any atom is -0.385 e. The number of methoxy groups -OCH3 is 1. The monoisotopic (exact) mass is 244 g/mol. The highest BCUT2D eigenvalue weighted by Crippen LogP contribution is 2.30. The Labute approximate surface area is 105 Å². The van der Waals surface area contributed by atoms with Gasteiger partial charge in [0.05, 0.1) is 6.10 Å². The van der Waals surface area contributed by atoms with Crippen LogP contribution in [-0.2, 0) is 9.47 Å². The van der Waals surface area contributed by atoms with Crippen LogP contribution in [0.5, 0.6) is 0 Å². The van der Waals surface area contributed by atoms with Crippen LogP contribution in [0, 0.1) is 0 Å². The SMILES string of the molecule is CCC1CC(CN)(N(C)CCCOC)CCO1. The van der Waals surface area contributed by atoms with Crippen LogP contribution in [0.1, 0.15) is 32.6 Å². The van der Waals surface area contributed by atoms with Gasteiger partial charge in [-0.3, -0.25) is 4.90 Å². The molecule has 0 bridgehead atoms. The van der Waals surface area contributed by atoms with Gasteiger partial charge in [0.2, 0.25) is 0 Å². The third-order valence-electron chi connectivity index (χ3n) is 4.02. The maximum atomic E-state index is 6.03. The number of nitrogens with two attached hydrogens (primary N) is 1. The van der Waals surface area contributed by atoms with Gasteiger partial charge in [-0.1, -0.05) is 6.92 Å². The van der Waals surface area contributed by atoms with E-state index in [1.165, 1.54) is 0 Å². The predicted octanol–water partition coefficient (Wildman–Crippen LogP) is 1.24. The maximum absolute atomic E-state index is 6.03. The first-order valence-electron chi connectivity index (χ1n) is 6.70. The molecule has 0 saturated carbocycles. The van der Waals surface area contributed by atoms with E-state index in [0.717, 1.165) is 52.0 Å². The van der Waals surface area contributed by atoms with Crippen molar-refractivity contribution in [3.63, 3.8) is 0 Å². The molecule has 1 heterocycles. The highest BCUT2D eigenvalue weighted by Gasteiger charge is 2.38. The first-order chi connectivity index (χ1) is 8.18. The van der Waals surface area contributed by atoms with Crippen LogP contribution in [0.3, 0.4) is 0 Å². The number of likely N-dealkylation sites (N-methyl/N-ethyl adjacent to an activating group) is 1. The van der Waals surface area contributed by atoms with Crippen LogP contribution in [0.2, 0.25) is 0 Å². The number of hydrogen-bond acceptors (Lipinski definition) is 4. The molecule has 1 fully saturated rings. The van der Waals surface area contributed by atoms with E-state index in [1.54, 1.807) is 7.11 Å². The maximum Gasteiger partial charge on any atom is 0.0590 e. The molecule has 0 aromatic carbocycles. The average molecular weight is 244 g/mol. The third-order valence-corrected chi connectivity index (χ3v) is 4.02. The Morgan fingerprint density at radius 3 is 2.88 bits per heavy atom. The topological polar surface area (TPSA) is 47.7 Å². The van der Waals surface area contributed by atoms with E-state index in [2.05, 4.69) is 18.9 Å². The number of hydrogen-bond donors (Lipinski definition) is 1. The van der Waals surface area contributed by atoms with E-state index in [9.17, 15) is 0 Å². The molecular formula is C13H28N2O2. The molecule has 0 aliphatic carbocycles. The molecule has 1 aliphatic heterocycles. The van der Waals surface area contributed by atoms with E-state index >= 15 is 0 Å². The summed E-state index contributed by atoms with van der Waals surface area (Å²) in [4.78, 5) is 2.41. The van der Waals surface area contributed by atoms with E-state index in [4.69, 9.17) is 15.2 Å². The van der Waals surface area contributed by atoms with Gasteiger partial charge in [0.25, 0.3) is 0 Å². The first kappa shape index (κ1) is 14.9. The summed E-state index contributed by atoms with van der Waals surface area (Å²) < 4.78 is 10.9. The molecule has 4 nitrogen and oxygen atoms in total. The smallest absolute Gasteiger partial charge is 0.0590 e. The molecule has 0 amide bonds.